The Kier molecular flexibility index (Phi) is 2.13. The lowest BCUT2D eigenvalue weighted by Crippen LogP contribution is -2.24. The second-order valence-electron chi connectivity index (χ2n) is 5.13. The van der Waals surface area contributed by atoms with Gasteiger partial charge in [-0.1, -0.05) is 73.3 Å². The molecule has 0 radical (unpaired) electrons. The second-order valence-corrected chi connectivity index (χ2v) is 5.13. The van der Waals surface area contributed by atoms with Crippen molar-refractivity contribution in [3.8, 4) is 0 Å². The molecule has 1 unspecified atom stereocenters. The molecule has 0 spiro atoms. The van der Waals surface area contributed by atoms with E-state index in [1.165, 1.54) is 27.5 Å². The van der Waals surface area contributed by atoms with Crippen LogP contribution in [0.3, 0.4) is 0 Å². The molecule has 0 fully saturated rings. The molecule has 2 aliphatic rings. The van der Waals surface area contributed by atoms with E-state index in [1.54, 1.807) is 0 Å². The quantitative estimate of drug-likeness (QED) is 0.721. The first-order valence-corrected chi connectivity index (χ1v) is 6.62. The maximum atomic E-state index is 4.11. The van der Waals surface area contributed by atoms with E-state index in [0.29, 0.717) is 5.92 Å². The summed E-state index contributed by atoms with van der Waals surface area (Å²) in [5.74, 6) is 0.385. The first-order chi connectivity index (χ1) is 9.34. The first kappa shape index (κ1) is 10.6. The molecule has 0 saturated heterocycles. The van der Waals surface area contributed by atoms with Crippen molar-refractivity contribution in [3.05, 3.63) is 81.7 Å². The number of hydrogen-bond donors (Lipinski definition) is 0. The molecule has 0 heteroatoms. The zero-order chi connectivity index (χ0) is 12.8. The van der Waals surface area contributed by atoms with Gasteiger partial charge in [-0.05, 0) is 32.7 Å². The van der Waals surface area contributed by atoms with Crippen LogP contribution in [0.1, 0.15) is 22.6 Å². The lowest BCUT2D eigenvalue weighted by molar-refractivity contribution is 1.13. The number of allylic oxidation sites excluding steroid dienone is 3. The summed E-state index contributed by atoms with van der Waals surface area (Å²) in [7, 11) is 0. The highest BCUT2D eigenvalue weighted by Gasteiger charge is 2.23. The van der Waals surface area contributed by atoms with Gasteiger partial charge in [0.15, 0.2) is 0 Å². The van der Waals surface area contributed by atoms with Crippen LogP contribution in [0.4, 0.5) is 0 Å². The molecule has 2 aromatic carbocycles. The van der Waals surface area contributed by atoms with Crippen molar-refractivity contribution >= 4 is 24.3 Å². The summed E-state index contributed by atoms with van der Waals surface area (Å²) in [4.78, 5) is 0. The fourth-order valence-corrected chi connectivity index (χ4v) is 3.12. The van der Waals surface area contributed by atoms with Gasteiger partial charge >= 0.3 is 0 Å². The molecular weight excluding hydrogens is 228 g/mol. The van der Waals surface area contributed by atoms with Gasteiger partial charge in [0.2, 0.25) is 0 Å². The summed E-state index contributed by atoms with van der Waals surface area (Å²) in [6, 6.07) is 15.0. The highest BCUT2D eigenvalue weighted by atomic mass is 14.3. The van der Waals surface area contributed by atoms with Crippen LogP contribution in [0.5, 0.6) is 0 Å². The van der Waals surface area contributed by atoms with Crippen molar-refractivity contribution in [1.82, 2.24) is 0 Å². The molecule has 19 heavy (non-hydrogen) atoms. The Labute approximate surface area is 112 Å². The summed E-state index contributed by atoms with van der Waals surface area (Å²) in [6.07, 6.45) is 8.97. The minimum absolute atomic E-state index is 0.385. The van der Waals surface area contributed by atoms with Crippen molar-refractivity contribution in [2.75, 3.05) is 0 Å². The molecule has 0 heterocycles. The van der Waals surface area contributed by atoms with Crippen molar-refractivity contribution in [3.63, 3.8) is 0 Å². The van der Waals surface area contributed by atoms with E-state index >= 15 is 0 Å². The topological polar surface area (TPSA) is 0 Å². The van der Waals surface area contributed by atoms with Crippen LogP contribution in [0, 0.1) is 0 Å². The van der Waals surface area contributed by atoms with Crippen LogP contribution >= 0.6 is 0 Å². The minimum atomic E-state index is 0.385. The third kappa shape index (κ3) is 1.47. The lowest BCUT2D eigenvalue weighted by atomic mass is 9.89. The number of fused-ring (bicyclic) bond motifs is 2. The molecule has 0 N–H and O–H groups in total. The Bertz CT molecular complexity index is 835. The van der Waals surface area contributed by atoms with Gasteiger partial charge < -0.3 is 0 Å². The minimum Gasteiger partial charge on any atom is -0.0911 e. The van der Waals surface area contributed by atoms with Gasteiger partial charge in [-0.25, -0.2) is 0 Å². The average molecular weight is 242 g/mol. The van der Waals surface area contributed by atoms with E-state index in [-0.39, 0.29) is 0 Å². The van der Waals surface area contributed by atoms with E-state index in [1.807, 2.05) is 0 Å². The SMILES string of the molecule is C=c1cccc2c1=CC=C2C1C=Cc2ccccc21. The van der Waals surface area contributed by atoms with Crippen LogP contribution in [-0.4, -0.2) is 0 Å². The highest BCUT2D eigenvalue weighted by molar-refractivity contribution is 5.86. The molecule has 2 aliphatic carbocycles. The fraction of sp³-hybridized carbons (Fsp3) is 0.0526. The van der Waals surface area contributed by atoms with Crippen molar-refractivity contribution < 1.29 is 0 Å². The van der Waals surface area contributed by atoms with Gasteiger partial charge in [0.1, 0.15) is 0 Å². The van der Waals surface area contributed by atoms with Crippen LogP contribution in [0.2, 0.25) is 0 Å². The number of benzene rings is 2. The zero-order valence-electron chi connectivity index (χ0n) is 10.6. The van der Waals surface area contributed by atoms with Gasteiger partial charge in [-0.3, -0.25) is 0 Å². The third-order valence-corrected chi connectivity index (χ3v) is 4.07. The first-order valence-electron chi connectivity index (χ1n) is 6.62. The molecule has 0 aromatic heterocycles. The summed E-state index contributed by atoms with van der Waals surface area (Å²) < 4.78 is 0. The molecule has 0 saturated carbocycles. The third-order valence-electron chi connectivity index (χ3n) is 4.07. The van der Waals surface area contributed by atoms with Gasteiger partial charge in [0.25, 0.3) is 0 Å². The van der Waals surface area contributed by atoms with E-state index in [4.69, 9.17) is 0 Å². The Hall–Kier alpha value is -2.34. The van der Waals surface area contributed by atoms with Gasteiger partial charge in [0.05, 0.1) is 0 Å². The van der Waals surface area contributed by atoms with Crippen molar-refractivity contribution in [1.29, 1.82) is 0 Å². The molecule has 0 amide bonds. The maximum Gasteiger partial charge on any atom is 0.0284 e. The number of hydrogen-bond acceptors (Lipinski definition) is 0. The largest absolute Gasteiger partial charge is 0.0911 e. The van der Waals surface area contributed by atoms with Crippen molar-refractivity contribution in [2.45, 2.75) is 5.92 Å². The Morgan fingerprint density at radius 3 is 2.74 bits per heavy atom. The second kappa shape index (κ2) is 3.83. The number of rotatable bonds is 1. The molecule has 0 bridgehead atoms. The fourth-order valence-electron chi connectivity index (χ4n) is 3.12. The lowest BCUT2D eigenvalue weighted by Gasteiger charge is -2.14. The molecule has 1 atom stereocenters. The molecule has 2 aromatic rings. The molecule has 4 rings (SSSR count). The molecular formula is C19H14. The van der Waals surface area contributed by atoms with Gasteiger partial charge in [0, 0.05) is 5.92 Å². The summed E-state index contributed by atoms with van der Waals surface area (Å²) in [6.45, 7) is 4.11. The smallest absolute Gasteiger partial charge is 0.0284 e. The summed E-state index contributed by atoms with van der Waals surface area (Å²) in [5.41, 5.74) is 5.47. The van der Waals surface area contributed by atoms with Crippen LogP contribution in [0.25, 0.3) is 24.3 Å². The Balaban J connectivity index is 1.87. The van der Waals surface area contributed by atoms with Crippen LogP contribution in [0.15, 0.2) is 54.6 Å². The summed E-state index contributed by atoms with van der Waals surface area (Å²) >= 11 is 0. The monoisotopic (exact) mass is 242 g/mol. The maximum absolute atomic E-state index is 4.11. The molecule has 0 nitrogen and oxygen atoms in total. The van der Waals surface area contributed by atoms with E-state index < -0.39 is 0 Å². The van der Waals surface area contributed by atoms with Crippen LogP contribution in [-0.2, 0) is 0 Å². The van der Waals surface area contributed by atoms with Crippen LogP contribution < -0.4 is 10.4 Å². The van der Waals surface area contributed by atoms with Gasteiger partial charge in [-0.15, -0.1) is 0 Å². The van der Waals surface area contributed by atoms with E-state index in [9.17, 15) is 0 Å². The van der Waals surface area contributed by atoms with Crippen molar-refractivity contribution in [2.24, 2.45) is 0 Å². The average Bonchev–Trinajstić information content (AvgIpc) is 3.02. The molecule has 90 valence electrons. The summed E-state index contributed by atoms with van der Waals surface area (Å²) in [5, 5.41) is 2.38. The molecule has 0 aliphatic heterocycles. The Morgan fingerprint density at radius 2 is 1.79 bits per heavy atom. The highest BCUT2D eigenvalue weighted by Crippen LogP contribution is 2.39. The standard InChI is InChI=1S/C19H14/c1-13-5-4-8-17-15(13)11-12-19(17)18-10-9-14-6-2-3-7-16(14)18/h2-12,18H,1H2. The normalized spacial score (nSPS) is 18.7. The predicted molar refractivity (Wildman–Crippen MR) is 81.9 cm³/mol. The predicted octanol–water partition coefficient (Wildman–Crippen LogP) is 3.09. The zero-order valence-corrected chi connectivity index (χ0v) is 10.6. The Morgan fingerprint density at radius 1 is 0.895 bits per heavy atom. The van der Waals surface area contributed by atoms with E-state index in [0.717, 1.165) is 5.22 Å². The van der Waals surface area contributed by atoms with E-state index in [2.05, 4.69) is 73.3 Å². The van der Waals surface area contributed by atoms with Gasteiger partial charge in [-0.2, -0.15) is 0 Å².